The quantitative estimate of drug-likeness (QED) is 0.562. The van der Waals surface area contributed by atoms with Gasteiger partial charge in [0, 0.05) is 31.8 Å². The lowest BCUT2D eigenvalue weighted by molar-refractivity contribution is 0.340. The van der Waals surface area contributed by atoms with E-state index in [0.29, 0.717) is 25.7 Å². The summed E-state index contributed by atoms with van der Waals surface area (Å²) in [4.78, 5) is 4.26. The van der Waals surface area contributed by atoms with Crippen molar-refractivity contribution in [3.8, 4) is 17.2 Å². The molecule has 2 rings (SSSR count). The summed E-state index contributed by atoms with van der Waals surface area (Å²) in [7, 11) is 5.03. The number of ether oxygens (including phenoxy) is 3. The fourth-order valence-corrected chi connectivity index (χ4v) is 2.50. The molecule has 0 fully saturated rings. The molecule has 6 heteroatoms. The molecule has 2 aromatic carbocycles. The van der Waals surface area contributed by atoms with Gasteiger partial charge in [-0.25, -0.2) is 0 Å². The van der Waals surface area contributed by atoms with Crippen molar-refractivity contribution in [1.29, 1.82) is 0 Å². The topological polar surface area (TPSA) is 64.1 Å². The van der Waals surface area contributed by atoms with E-state index in [9.17, 15) is 0 Å². The SMILES string of the molecule is CCOc1cccc(CNC(=NC)NCc2ccc(OC)cc2OC)c1. The first-order valence-electron chi connectivity index (χ1n) is 8.57. The van der Waals surface area contributed by atoms with Crippen molar-refractivity contribution >= 4 is 5.96 Å². The average molecular weight is 357 g/mol. The predicted molar refractivity (Wildman–Crippen MR) is 104 cm³/mol. The lowest BCUT2D eigenvalue weighted by Gasteiger charge is -2.15. The van der Waals surface area contributed by atoms with E-state index in [2.05, 4.69) is 21.7 Å². The third-order valence-corrected chi connectivity index (χ3v) is 3.83. The van der Waals surface area contributed by atoms with Crippen LogP contribution < -0.4 is 24.8 Å². The first-order chi connectivity index (χ1) is 12.7. The molecule has 6 nitrogen and oxygen atoms in total. The molecule has 0 saturated heterocycles. The van der Waals surface area contributed by atoms with Crippen LogP contribution in [0.5, 0.6) is 17.2 Å². The van der Waals surface area contributed by atoms with E-state index in [1.165, 1.54) is 0 Å². The zero-order valence-electron chi connectivity index (χ0n) is 15.8. The Morgan fingerprint density at radius 1 is 0.962 bits per heavy atom. The largest absolute Gasteiger partial charge is 0.497 e. The molecule has 140 valence electrons. The Labute approximate surface area is 155 Å². The van der Waals surface area contributed by atoms with Crippen LogP contribution in [0.1, 0.15) is 18.1 Å². The lowest BCUT2D eigenvalue weighted by atomic mass is 10.2. The molecule has 0 aromatic heterocycles. The smallest absolute Gasteiger partial charge is 0.191 e. The standard InChI is InChI=1S/C20H27N3O3/c1-5-26-18-8-6-7-15(11-18)13-22-20(21-2)23-14-16-9-10-17(24-3)12-19(16)25-4/h6-12H,5,13-14H2,1-4H3,(H2,21,22,23). The average Bonchev–Trinajstić information content (AvgIpc) is 2.68. The second-order valence-corrected chi connectivity index (χ2v) is 5.54. The van der Waals surface area contributed by atoms with Crippen molar-refractivity contribution in [3.63, 3.8) is 0 Å². The van der Waals surface area contributed by atoms with E-state index < -0.39 is 0 Å². The van der Waals surface area contributed by atoms with Crippen LogP contribution in [-0.4, -0.2) is 33.8 Å². The molecule has 0 amide bonds. The highest BCUT2D eigenvalue weighted by Gasteiger charge is 2.06. The van der Waals surface area contributed by atoms with Crippen molar-refractivity contribution in [3.05, 3.63) is 53.6 Å². The van der Waals surface area contributed by atoms with Gasteiger partial charge in [-0.3, -0.25) is 4.99 Å². The third kappa shape index (κ3) is 5.58. The van der Waals surface area contributed by atoms with Gasteiger partial charge < -0.3 is 24.8 Å². The maximum absolute atomic E-state index is 5.53. The van der Waals surface area contributed by atoms with E-state index >= 15 is 0 Å². The highest BCUT2D eigenvalue weighted by Crippen LogP contribution is 2.24. The molecule has 0 aliphatic carbocycles. The van der Waals surface area contributed by atoms with Crippen LogP contribution >= 0.6 is 0 Å². The summed E-state index contributed by atoms with van der Waals surface area (Å²) in [5.74, 6) is 3.13. The lowest BCUT2D eigenvalue weighted by Crippen LogP contribution is -2.36. The number of hydrogen-bond acceptors (Lipinski definition) is 4. The first kappa shape index (κ1) is 19.4. The van der Waals surface area contributed by atoms with Gasteiger partial charge in [0.25, 0.3) is 0 Å². The molecule has 26 heavy (non-hydrogen) atoms. The fraction of sp³-hybridized carbons (Fsp3) is 0.350. The van der Waals surface area contributed by atoms with Gasteiger partial charge in [0.1, 0.15) is 17.2 Å². The second-order valence-electron chi connectivity index (χ2n) is 5.54. The summed E-state index contributed by atoms with van der Waals surface area (Å²) in [6, 6.07) is 13.8. The minimum absolute atomic E-state index is 0.589. The molecule has 2 aromatic rings. The number of aliphatic imine (C=N–C) groups is 1. The molecule has 2 N–H and O–H groups in total. The van der Waals surface area contributed by atoms with E-state index in [0.717, 1.165) is 28.4 Å². The van der Waals surface area contributed by atoms with E-state index in [1.54, 1.807) is 21.3 Å². The molecule has 0 aliphatic rings. The Bertz CT molecular complexity index is 732. The summed E-state index contributed by atoms with van der Waals surface area (Å²) in [6.45, 7) is 3.88. The molecule has 0 bridgehead atoms. The molecular weight excluding hydrogens is 330 g/mol. The van der Waals surface area contributed by atoms with Crippen LogP contribution in [0.2, 0.25) is 0 Å². The van der Waals surface area contributed by atoms with Crippen molar-refractivity contribution in [2.24, 2.45) is 4.99 Å². The Balaban J connectivity index is 1.93. The second kappa shape index (κ2) is 10.2. The highest BCUT2D eigenvalue weighted by molar-refractivity contribution is 5.79. The van der Waals surface area contributed by atoms with Crippen molar-refractivity contribution < 1.29 is 14.2 Å². The first-order valence-corrected chi connectivity index (χ1v) is 8.57. The van der Waals surface area contributed by atoms with Gasteiger partial charge in [-0.1, -0.05) is 12.1 Å². The fourth-order valence-electron chi connectivity index (χ4n) is 2.50. The zero-order valence-corrected chi connectivity index (χ0v) is 15.8. The van der Waals surface area contributed by atoms with Gasteiger partial charge in [-0.05, 0) is 36.8 Å². The summed E-state index contributed by atoms with van der Waals surface area (Å²) < 4.78 is 16.2. The van der Waals surface area contributed by atoms with Crippen LogP contribution in [-0.2, 0) is 13.1 Å². The minimum Gasteiger partial charge on any atom is -0.497 e. The maximum Gasteiger partial charge on any atom is 0.191 e. The molecule has 0 atom stereocenters. The maximum atomic E-state index is 5.53. The van der Waals surface area contributed by atoms with E-state index in [1.807, 2.05) is 43.3 Å². The zero-order chi connectivity index (χ0) is 18.8. The summed E-state index contributed by atoms with van der Waals surface area (Å²) in [5.41, 5.74) is 2.15. The number of nitrogens with one attached hydrogen (secondary N) is 2. The molecule has 0 spiro atoms. The van der Waals surface area contributed by atoms with Gasteiger partial charge in [0.05, 0.1) is 20.8 Å². The summed E-state index contributed by atoms with van der Waals surface area (Å²) >= 11 is 0. The van der Waals surface area contributed by atoms with Crippen LogP contribution in [0.25, 0.3) is 0 Å². The molecular formula is C20H27N3O3. The summed E-state index contributed by atoms with van der Waals surface area (Å²) in [6.07, 6.45) is 0. The highest BCUT2D eigenvalue weighted by atomic mass is 16.5. The van der Waals surface area contributed by atoms with Gasteiger partial charge in [-0.2, -0.15) is 0 Å². The van der Waals surface area contributed by atoms with Crippen LogP contribution in [0, 0.1) is 0 Å². The Kier molecular flexibility index (Phi) is 7.61. The number of guanidine groups is 1. The number of methoxy groups -OCH3 is 2. The Morgan fingerprint density at radius 3 is 2.46 bits per heavy atom. The number of nitrogens with zero attached hydrogens (tertiary/aromatic N) is 1. The number of rotatable bonds is 8. The summed E-state index contributed by atoms with van der Waals surface area (Å²) in [5, 5.41) is 6.60. The molecule has 0 aliphatic heterocycles. The number of hydrogen-bond donors (Lipinski definition) is 2. The Hall–Kier alpha value is -2.89. The van der Waals surface area contributed by atoms with E-state index in [4.69, 9.17) is 14.2 Å². The van der Waals surface area contributed by atoms with Gasteiger partial charge in [0.15, 0.2) is 5.96 Å². The van der Waals surface area contributed by atoms with Crippen LogP contribution in [0.4, 0.5) is 0 Å². The molecule has 0 saturated carbocycles. The molecule has 0 unspecified atom stereocenters. The van der Waals surface area contributed by atoms with Crippen molar-refractivity contribution in [2.45, 2.75) is 20.0 Å². The normalized spacial score (nSPS) is 11.0. The van der Waals surface area contributed by atoms with Crippen molar-refractivity contribution in [2.75, 3.05) is 27.9 Å². The van der Waals surface area contributed by atoms with Crippen molar-refractivity contribution in [1.82, 2.24) is 10.6 Å². The van der Waals surface area contributed by atoms with Gasteiger partial charge in [-0.15, -0.1) is 0 Å². The van der Waals surface area contributed by atoms with E-state index in [-0.39, 0.29) is 0 Å². The minimum atomic E-state index is 0.589. The number of benzene rings is 2. The van der Waals surface area contributed by atoms with Crippen LogP contribution in [0.15, 0.2) is 47.5 Å². The monoisotopic (exact) mass is 357 g/mol. The van der Waals surface area contributed by atoms with Gasteiger partial charge >= 0.3 is 0 Å². The molecule has 0 radical (unpaired) electrons. The predicted octanol–water partition coefficient (Wildman–Crippen LogP) is 2.97. The third-order valence-electron chi connectivity index (χ3n) is 3.83. The van der Waals surface area contributed by atoms with Crippen LogP contribution in [0.3, 0.4) is 0 Å². The molecule has 0 heterocycles. The van der Waals surface area contributed by atoms with Gasteiger partial charge in [0.2, 0.25) is 0 Å². The Morgan fingerprint density at radius 2 is 1.77 bits per heavy atom.